The van der Waals surface area contributed by atoms with Crippen molar-refractivity contribution in [2.45, 2.75) is 32.7 Å². The van der Waals surface area contributed by atoms with E-state index >= 15 is 0 Å². The molecule has 1 heterocycles. The predicted molar refractivity (Wildman–Crippen MR) is 71.1 cm³/mol. The molecule has 1 aromatic rings. The second kappa shape index (κ2) is 6.18. The topological polar surface area (TPSA) is 21.3 Å². The summed E-state index contributed by atoms with van der Waals surface area (Å²) in [5.41, 5.74) is 2.83. The van der Waals surface area contributed by atoms with Gasteiger partial charge in [0, 0.05) is 19.3 Å². The molecule has 0 saturated carbocycles. The van der Waals surface area contributed by atoms with Gasteiger partial charge in [0.05, 0.1) is 0 Å². The van der Waals surface area contributed by atoms with Gasteiger partial charge in [0.25, 0.3) is 0 Å². The molecule has 0 spiro atoms. The molecule has 1 N–H and O–H groups in total. The third-order valence-electron chi connectivity index (χ3n) is 3.61. The lowest BCUT2D eigenvalue weighted by Crippen LogP contribution is -2.24. The number of benzene rings is 1. The molecule has 0 amide bonds. The predicted octanol–water partition coefficient (Wildman–Crippen LogP) is 3.07. The normalized spacial score (nSPS) is 21.6. The quantitative estimate of drug-likeness (QED) is 0.844. The Morgan fingerprint density at radius 2 is 2.24 bits per heavy atom. The standard InChI is InChI=1S/C15H23NO/c1-3-16-15(10-13-8-9-17-11-13)14-7-5-4-6-12(14)2/h4-7,13,15-16H,3,8-11H2,1-2H3. The fourth-order valence-electron chi connectivity index (χ4n) is 2.65. The van der Waals surface area contributed by atoms with Gasteiger partial charge in [-0.25, -0.2) is 0 Å². The zero-order valence-corrected chi connectivity index (χ0v) is 10.9. The van der Waals surface area contributed by atoms with Gasteiger partial charge in [-0.15, -0.1) is 0 Å². The van der Waals surface area contributed by atoms with Crippen LogP contribution in [-0.2, 0) is 4.74 Å². The van der Waals surface area contributed by atoms with E-state index in [1.165, 1.54) is 24.0 Å². The van der Waals surface area contributed by atoms with E-state index in [9.17, 15) is 0 Å². The van der Waals surface area contributed by atoms with E-state index in [0.29, 0.717) is 6.04 Å². The Labute approximate surface area is 104 Å². The second-order valence-electron chi connectivity index (χ2n) is 4.93. The molecule has 94 valence electrons. The van der Waals surface area contributed by atoms with Crippen LogP contribution in [-0.4, -0.2) is 19.8 Å². The third kappa shape index (κ3) is 3.30. The van der Waals surface area contributed by atoms with E-state index in [1.54, 1.807) is 0 Å². The molecular formula is C15H23NO. The van der Waals surface area contributed by atoms with Crippen molar-refractivity contribution in [1.29, 1.82) is 0 Å². The molecule has 0 aromatic heterocycles. The van der Waals surface area contributed by atoms with E-state index in [1.807, 2.05) is 0 Å². The van der Waals surface area contributed by atoms with Crippen molar-refractivity contribution >= 4 is 0 Å². The monoisotopic (exact) mass is 233 g/mol. The largest absolute Gasteiger partial charge is 0.381 e. The fourth-order valence-corrected chi connectivity index (χ4v) is 2.65. The molecule has 1 saturated heterocycles. The Bertz CT molecular complexity index is 345. The van der Waals surface area contributed by atoms with Gasteiger partial charge in [0.15, 0.2) is 0 Å². The molecule has 2 heteroatoms. The lowest BCUT2D eigenvalue weighted by atomic mass is 9.92. The number of hydrogen-bond acceptors (Lipinski definition) is 2. The van der Waals surface area contributed by atoms with Gasteiger partial charge >= 0.3 is 0 Å². The smallest absolute Gasteiger partial charge is 0.0495 e. The SMILES string of the molecule is CCNC(CC1CCOC1)c1ccccc1C. The van der Waals surface area contributed by atoms with E-state index in [2.05, 4.69) is 43.4 Å². The van der Waals surface area contributed by atoms with Crippen LogP contribution < -0.4 is 5.32 Å². The lowest BCUT2D eigenvalue weighted by molar-refractivity contribution is 0.181. The minimum absolute atomic E-state index is 0.480. The van der Waals surface area contributed by atoms with E-state index < -0.39 is 0 Å². The maximum absolute atomic E-state index is 5.47. The summed E-state index contributed by atoms with van der Waals surface area (Å²) in [5.74, 6) is 0.721. The number of aryl methyl sites for hydroxylation is 1. The van der Waals surface area contributed by atoms with Crippen LogP contribution in [0, 0.1) is 12.8 Å². The highest BCUT2D eigenvalue weighted by atomic mass is 16.5. The van der Waals surface area contributed by atoms with Crippen LogP contribution in [0.2, 0.25) is 0 Å². The van der Waals surface area contributed by atoms with Gasteiger partial charge < -0.3 is 10.1 Å². The highest BCUT2D eigenvalue weighted by Gasteiger charge is 2.21. The number of nitrogens with one attached hydrogen (secondary N) is 1. The van der Waals surface area contributed by atoms with Crippen molar-refractivity contribution in [3.8, 4) is 0 Å². The number of ether oxygens (including phenoxy) is 1. The molecule has 1 aliphatic heterocycles. The van der Waals surface area contributed by atoms with Gasteiger partial charge in [0.1, 0.15) is 0 Å². The first-order valence-electron chi connectivity index (χ1n) is 6.68. The molecular weight excluding hydrogens is 210 g/mol. The number of hydrogen-bond donors (Lipinski definition) is 1. The zero-order chi connectivity index (χ0) is 12.1. The molecule has 0 radical (unpaired) electrons. The Hall–Kier alpha value is -0.860. The maximum Gasteiger partial charge on any atom is 0.0495 e. The summed E-state index contributed by atoms with van der Waals surface area (Å²) < 4.78 is 5.47. The summed E-state index contributed by atoms with van der Waals surface area (Å²) in [5, 5.41) is 3.61. The summed E-state index contributed by atoms with van der Waals surface area (Å²) in [4.78, 5) is 0. The van der Waals surface area contributed by atoms with Gasteiger partial charge in [-0.2, -0.15) is 0 Å². The zero-order valence-electron chi connectivity index (χ0n) is 10.9. The molecule has 17 heavy (non-hydrogen) atoms. The molecule has 0 aliphatic carbocycles. The van der Waals surface area contributed by atoms with Crippen LogP contribution in [0.15, 0.2) is 24.3 Å². The second-order valence-corrected chi connectivity index (χ2v) is 4.93. The van der Waals surface area contributed by atoms with Gasteiger partial charge in [-0.1, -0.05) is 31.2 Å². The van der Waals surface area contributed by atoms with E-state index in [-0.39, 0.29) is 0 Å². The minimum Gasteiger partial charge on any atom is -0.381 e. The molecule has 1 aliphatic rings. The van der Waals surface area contributed by atoms with Crippen molar-refractivity contribution in [2.24, 2.45) is 5.92 Å². The average molecular weight is 233 g/mol. The summed E-state index contributed by atoms with van der Waals surface area (Å²) in [6, 6.07) is 9.18. The van der Waals surface area contributed by atoms with Crippen molar-refractivity contribution < 1.29 is 4.74 Å². The van der Waals surface area contributed by atoms with Crippen LogP contribution in [0.4, 0.5) is 0 Å². The highest BCUT2D eigenvalue weighted by Crippen LogP contribution is 2.28. The molecule has 0 bridgehead atoms. The molecule has 1 fully saturated rings. The van der Waals surface area contributed by atoms with Crippen LogP contribution in [0.1, 0.15) is 36.9 Å². The van der Waals surface area contributed by atoms with Gasteiger partial charge in [0.2, 0.25) is 0 Å². The fraction of sp³-hybridized carbons (Fsp3) is 0.600. The van der Waals surface area contributed by atoms with Crippen LogP contribution in [0.25, 0.3) is 0 Å². The average Bonchev–Trinajstić information content (AvgIpc) is 2.82. The van der Waals surface area contributed by atoms with Gasteiger partial charge in [-0.3, -0.25) is 0 Å². The first-order chi connectivity index (χ1) is 8.31. The summed E-state index contributed by atoms with van der Waals surface area (Å²) in [6.07, 6.45) is 2.41. The highest BCUT2D eigenvalue weighted by molar-refractivity contribution is 5.28. The molecule has 2 nitrogen and oxygen atoms in total. The van der Waals surface area contributed by atoms with E-state index in [0.717, 1.165) is 25.7 Å². The maximum atomic E-state index is 5.47. The summed E-state index contributed by atoms with van der Waals surface area (Å²) in [6.45, 7) is 7.28. The molecule has 2 atom stereocenters. The molecule has 1 aromatic carbocycles. The molecule has 2 unspecified atom stereocenters. The Balaban J connectivity index is 2.08. The van der Waals surface area contributed by atoms with Crippen LogP contribution >= 0.6 is 0 Å². The lowest BCUT2D eigenvalue weighted by Gasteiger charge is -2.22. The Kier molecular flexibility index (Phi) is 4.57. The summed E-state index contributed by atoms with van der Waals surface area (Å²) in [7, 11) is 0. The number of rotatable bonds is 5. The molecule has 2 rings (SSSR count). The first-order valence-corrected chi connectivity index (χ1v) is 6.68. The van der Waals surface area contributed by atoms with Crippen molar-refractivity contribution in [1.82, 2.24) is 5.32 Å². The van der Waals surface area contributed by atoms with E-state index in [4.69, 9.17) is 4.74 Å². The third-order valence-corrected chi connectivity index (χ3v) is 3.61. The summed E-state index contributed by atoms with van der Waals surface area (Å²) >= 11 is 0. The first kappa shape index (κ1) is 12.6. The van der Waals surface area contributed by atoms with Crippen molar-refractivity contribution in [3.63, 3.8) is 0 Å². The Morgan fingerprint density at radius 3 is 2.88 bits per heavy atom. The van der Waals surface area contributed by atoms with Crippen molar-refractivity contribution in [2.75, 3.05) is 19.8 Å². The Morgan fingerprint density at radius 1 is 1.41 bits per heavy atom. The minimum atomic E-state index is 0.480. The van der Waals surface area contributed by atoms with Crippen LogP contribution in [0.5, 0.6) is 0 Å². The van der Waals surface area contributed by atoms with Crippen molar-refractivity contribution in [3.05, 3.63) is 35.4 Å². The van der Waals surface area contributed by atoms with Crippen LogP contribution in [0.3, 0.4) is 0 Å². The van der Waals surface area contributed by atoms with Gasteiger partial charge in [-0.05, 0) is 43.4 Å².